The van der Waals surface area contributed by atoms with Gasteiger partial charge in [0, 0.05) is 25.8 Å². The van der Waals surface area contributed by atoms with Crippen molar-refractivity contribution in [3.63, 3.8) is 0 Å². The van der Waals surface area contributed by atoms with E-state index in [2.05, 4.69) is 10.4 Å². The highest BCUT2D eigenvalue weighted by atomic mass is 16.5. The number of nitrogens with zero attached hydrogens (tertiary/aromatic N) is 3. The van der Waals surface area contributed by atoms with Crippen LogP contribution in [0.2, 0.25) is 0 Å². The van der Waals surface area contributed by atoms with E-state index in [-0.39, 0.29) is 18.4 Å². The summed E-state index contributed by atoms with van der Waals surface area (Å²) in [6, 6.07) is 18.9. The fraction of sp³-hybridized carbons (Fsp3) is 0.320. The number of aromatic nitrogens is 2. The van der Waals surface area contributed by atoms with E-state index in [1.807, 2.05) is 54.6 Å². The van der Waals surface area contributed by atoms with Gasteiger partial charge in [0.1, 0.15) is 17.0 Å². The highest BCUT2D eigenvalue weighted by Crippen LogP contribution is 2.30. The molecule has 0 fully saturated rings. The van der Waals surface area contributed by atoms with E-state index in [1.165, 1.54) is 0 Å². The quantitative estimate of drug-likeness (QED) is 0.573. The number of hydrogen-bond acceptors (Lipinski definition) is 5. The first-order valence-corrected chi connectivity index (χ1v) is 10.8. The van der Waals surface area contributed by atoms with Crippen molar-refractivity contribution in [2.75, 3.05) is 27.4 Å². The molecule has 172 valence electrons. The number of carbonyl (C=O) groups excluding carboxylic acids is 2. The van der Waals surface area contributed by atoms with Crippen LogP contribution in [-0.2, 0) is 22.6 Å². The zero-order valence-corrected chi connectivity index (χ0v) is 19.1. The Balaban J connectivity index is 1.63. The molecule has 0 spiro atoms. The maximum Gasteiger partial charge on any atom is 0.273 e. The van der Waals surface area contributed by atoms with Gasteiger partial charge in [0.15, 0.2) is 0 Å². The van der Waals surface area contributed by atoms with Crippen molar-refractivity contribution in [3.8, 4) is 17.0 Å². The van der Waals surface area contributed by atoms with Crippen LogP contribution in [0.5, 0.6) is 5.75 Å². The molecule has 0 aliphatic carbocycles. The smallest absolute Gasteiger partial charge is 0.273 e. The first kappa shape index (κ1) is 22.5. The number of rotatable bonds is 8. The summed E-state index contributed by atoms with van der Waals surface area (Å²) in [5.74, 6) is 0.262. The topological polar surface area (TPSA) is 85.7 Å². The Hall–Kier alpha value is -3.65. The van der Waals surface area contributed by atoms with E-state index in [0.29, 0.717) is 31.1 Å². The van der Waals surface area contributed by atoms with Gasteiger partial charge in [-0.2, -0.15) is 5.10 Å². The zero-order chi connectivity index (χ0) is 23.4. The molecule has 0 saturated heterocycles. The second-order valence-corrected chi connectivity index (χ2v) is 8.19. The molecule has 3 aromatic rings. The van der Waals surface area contributed by atoms with Crippen molar-refractivity contribution >= 4 is 11.8 Å². The second kappa shape index (κ2) is 9.46. The Morgan fingerprint density at radius 3 is 2.52 bits per heavy atom. The van der Waals surface area contributed by atoms with Crippen LogP contribution in [0.4, 0.5) is 0 Å². The third kappa shape index (κ3) is 4.47. The van der Waals surface area contributed by atoms with Crippen molar-refractivity contribution in [2.45, 2.75) is 25.6 Å². The van der Waals surface area contributed by atoms with Crippen LogP contribution in [-0.4, -0.2) is 59.4 Å². The van der Waals surface area contributed by atoms with Crippen LogP contribution >= 0.6 is 0 Å². The van der Waals surface area contributed by atoms with Gasteiger partial charge in [0.25, 0.3) is 5.91 Å². The van der Waals surface area contributed by atoms with E-state index in [9.17, 15) is 9.59 Å². The van der Waals surface area contributed by atoms with Gasteiger partial charge in [-0.3, -0.25) is 14.3 Å². The highest BCUT2D eigenvalue weighted by molar-refractivity contribution is 6.00. The number of methoxy groups -OCH3 is 2. The standard InChI is InChI=1S/C25H28N4O4/c1-25(24(31)26-16-18-7-5-4-6-8-18)17-29-22(23(30)28(25)13-14-32-2)15-21(27-29)19-9-11-20(33-3)12-10-19/h4-12,15H,13-14,16-17H2,1-3H3,(H,26,31)/t25-/m0/s1. The molecule has 8 heteroatoms. The third-order valence-electron chi connectivity index (χ3n) is 5.99. The second-order valence-electron chi connectivity index (χ2n) is 8.19. The van der Waals surface area contributed by atoms with Crippen LogP contribution in [0.3, 0.4) is 0 Å². The number of benzene rings is 2. The molecule has 33 heavy (non-hydrogen) atoms. The Morgan fingerprint density at radius 1 is 1.12 bits per heavy atom. The number of fused-ring (bicyclic) bond motifs is 1. The summed E-state index contributed by atoms with van der Waals surface area (Å²) >= 11 is 0. The Morgan fingerprint density at radius 2 is 1.85 bits per heavy atom. The predicted molar refractivity (Wildman–Crippen MR) is 124 cm³/mol. The van der Waals surface area contributed by atoms with Gasteiger partial charge in [-0.05, 0) is 42.8 Å². The van der Waals surface area contributed by atoms with Gasteiger partial charge >= 0.3 is 0 Å². The summed E-state index contributed by atoms with van der Waals surface area (Å²) in [6.07, 6.45) is 0. The van der Waals surface area contributed by atoms with E-state index < -0.39 is 5.54 Å². The fourth-order valence-electron chi connectivity index (χ4n) is 4.05. The summed E-state index contributed by atoms with van der Waals surface area (Å²) in [5.41, 5.74) is 1.86. The molecule has 2 aromatic carbocycles. The Kier molecular flexibility index (Phi) is 6.46. The molecule has 0 unspecified atom stereocenters. The number of ether oxygens (including phenoxy) is 2. The van der Waals surface area contributed by atoms with Gasteiger partial charge in [0.05, 0.1) is 26.0 Å². The van der Waals surface area contributed by atoms with Crippen LogP contribution < -0.4 is 10.1 Å². The lowest BCUT2D eigenvalue weighted by Crippen LogP contribution is -2.64. The van der Waals surface area contributed by atoms with Gasteiger partial charge in [-0.25, -0.2) is 0 Å². The van der Waals surface area contributed by atoms with Crippen molar-refractivity contribution < 1.29 is 19.1 Å². The molecule has 1 aliphatic heterocycles. The molecule has 0 saturated carbocycles. The molecule has 8 nitrogen and oxygen atoms in total. The Bertz CT molecular complexity index is 1130. The monoisotopic (exact) mass is 448 g/mol. The lowest BCUT2D eigenvalue weighted by molar-refractivity contribution is -0.133. The van der Waals surface area contributed by atoms with Crippen LogP contribution in [0.25, 0.3) is 11.3 Å². The van der Waals surface area contributed by atoms with Gasteiger partial charge in [-0.15, -0.1) is 0 Å². The van der Waals surface area contributed by atoms with E-state index in [4.69, 9.17) is 9.47 Å². The van der Waals surface area contributed by atoms with Gasteiger partial charge in [0.2, 0.25) is 5.91 Å². The third-order valence-corrected chi connectivity index (χ3v) is 5.99. The molecule has 1 aromatic heterocycles. The van der Waals surface area contributed by atoms with Crippen LogP contribution in [0.15, 0.2) is 60.7 Å². The van der Waals surface area contributed by atoms with Crippen molar-refractivity contribution in [3.05, 3.63) is 71.9 Å². The maximum atomic E-state index is 13.5. The Labute approximate surface area is 193 Å². The summed E-state index contributed by atoms with van der Waals surface area (Å²) in [4.78, 5) is 28.4. The normalized spacial score (nSPS) is 17.5. The molecule has 0 bridgehead atoms. The minimum Gasteiger partial charge on any atom is -0.497 e. The minimum atomic E-state index is -1.11. The maximum absolute atomic E-state index is 13.5. The molecular weight excluding hydrogens is 420 g/mol. The molecule has 0 radical (unpaired) electrons. The molecule has 1 atom stereocenters. The van der Waals surface area contributed by atoms with E-state index in [0.717, 1.165) is 16.9 Å². The van der Waals surface area contributed by atoms with Crippen LogP contribution in [0.1, 0.15) is 23.0 Å². The largest absolute Gasteiger partial charge is 0.497 e. The highest BCUT2D eigenvalue weighted by Gasteiger charge is 2.47. The van der Waals surface area contributed by atoms with Gasteiger partial charge < -0.3 is 19.7 Å². The molecule has 2 amide bonds. The lowest BCUT2D eigenvalue weighted by Gasteiger charge is -2.43. The fourth-order valence-corrected chi connectivity index (χ4v) is 4.05. The molecule has 1 aliphatic rings. The molecule has 4 rings (SSSR count). The lowest BCUT2D eigenvalue weighted by atomic mass is 9.94. The molecular formula is C25H28N4O4. The average Bonchev–Trinajstić information content (AvgIpc) is 3.27. The van der Waals surface area contributed by atoms with Crippen molar-refractivity contribution in [2.24, 2.45) is 0 Å². The van der Waals surface area contributed by atoms with Crippen LogP contribution in [0, 0.1) is 0 Å². The molecule has 2 heterocycles. The predicted octanol–water partition coefficient (Wildman–Crippen LogP) is 2.74. The van der Waals surface area contributed by atoms with Crippen molar-refractivity contribution in [1.29, 1.82) is 0 Å². The van der Waals surface area contributed by atoms with Crippen molar-refractivity contribution in [1.82, 2.24) is 20.0 Å². The summed E-state index contributed by atoms with van der Waals surface area (Å²) < 4.78 is 12.1. The minimum absolute atomic E-state index is 0.233. The first-order chi connectivity index (χ1) is 16.0. The first-order valence-electron chi connectivity index (χ1n) is 10.8. The summed E-state index contributed by atoms with van der Waals surface area (Å²) in [5, 5.41) is 7.64. The number of hydrogen-bond donors (Lipinski definition) is 1. The zero-order valence-electron chi connectivity index (χ0n) is 19.1. The van der Waals surface area contributed by atoms with E-state index >= 15 is 0 Å². The average molecular weight is 449 g/mol. The summed E-state index contributed by atoms with van der Waals surface area (Å²) in [7, 11) is 3.19. The molecule has 1 N–H and O–H groups in total. The van der Waals surface area contributed by atoms with E-state index in [1.54, 1.807) is 36.8 Å². The SMILES string of the molecule is COCCN1C(=O)c2cc(-c3ccc(OC)cc3)nn2C[C@@]1(C)C(=O)NCc1ccccc1. The summed E-state index contributed by atoms with van der Waals surface area (Å²) in [6.45, 7) is 3.03. The van der Waals surface area contributed by atoms with Gasteiger partial charge in [-0.1, -0.05) is 30.3 Å². The number of nitrogens with one attached hydrogen (secondary N) is 1. The number of amides is 2. The number of carbonyl (C=O) groups is 2.